The number of aryl methyl sites for hydroxylation is 1. The molecule has 0 unspecified atom stereocenters. The molecule has 1 aromatic rings. The molecule has 1 saturated heterocycles. The maximum Gasteiger partial charge on any atom is 0.238 e. The van der Waals surface area contributed by atoms with Gasteiger partial charge in [-0.25, -0.2) is 4.39 Å². The Hall–Kier alpha value is -1.42. The number of carbonyl (C=O) groups excluding carboxylic acids is 1. The Kier molecular flexibility index (Phi) is 4.76. The van der Waals surface area contributed by atoms with Gasteiger partial charge in [0.15, 0.2) is 0 Å². The van der Waals surface area contributed by atoms with Gasteiger partial charge < -0.3 is 5.32 Å². The fraction of sp³-hybridized carbons (Fsp3) is 0.562. The van der Waals surface area contributed by atoms with Gasteiger partial charge in [0.05, 0.1) is 6.54 Å². The predicted molar refractivity (Wildman–Crippen MR) is 79.2 cm³/mol. The average Bonchev–Trinajstić information content (AvgIpc) is 2.32. The molecule has 0 bridgehead atoms. The summed E-state index contributed by atoms with van der Waals surface area (Å²) in [6.07, 6.45) is 1.22. The molecule has 3 nitrogen and oxygen atoms in total. The van der Waals surface area contributed by atoms with Crippen molar-refractivity contribution in [3.05, 3.63) is 29.6 Å². The summed E-state index contributed by atoms with van der Waals surface area (Å²) in [5.41, 5.74) is 1.11. The Morgan fingerprint density at radius 3 is 2.60 bits per heavy atom. The van der Waals surface area contributed by atoms with E-state index in [4.69, 9.17) is 0 Å². The van der Waals surface area contributed by atoms with Crippen molar-refractivity contribution in [2.75, 3.05) is 25.0 Å². The Balaban J connectivity index is 1.90. The van der Waals surface area contributed by atoms with Gasteiger partial charge in [-0.2, -0.15) is 0 Å². The molecule has 20 heavy (non-hydrogen) atoms. The van der Waals surface area contributed by atoms with Crippen molar-refractivity contribution in [1.29, 1.82) is 0 Å². The molecule has 1 amide bonds. The van der Waals surface area contributed by atoms with Crippen LogP contribution in [0.5, 0.6) is 0 Å². The summed E-state index contributed by atoms with van der Waals surface area (Å²) in [7, 11) is 0. The van der Waals surface area contributed by atoms with E-state index in [1.807, 2.05) is 0 Å². The first-order valence-electron chi connectivity index (χ1n) is 7.22. The van der Waals surface area contributed by atoms with Crippen molar-refractivity contribution in [1.82, 2.24) is 4.90 Å². The Morgan fingerprint density at radius 1 is 1.35 bits per heavy atom. The van der Waals surface area contributed by atoms with Crippen molar-refractivity contribution >= 4 is 11.6 Å². The monoisotopic (exact) mass is 278 g/mol. The first-order chi connectivity index (χ1) is 9.44. The summed E-state index contributed by atoms with van der Waals surface area (Å²) in [4.78, 5) is 14.2. The molecule has 1 aromatic carbocycles. The second-order valence-corrected chi connectivity index (χ2v) is 6.15. The lowest BCUT2D eigenvalue weighted by Gasteiger charge is -2.34. The first kappa shape index (κ1) is 15.0. The van der Waals surface area contributed by atoms with Crippen LogP contribution >= 0.6 is 0 Å². The summed E-state index contributed by atoms with van der Waals surface area (Å²) in [5.74, 6) is 0.893. The zero-order valence-corrected chi connectivity index (χ0v) is 12.4. The molecule has 4 heteroatoms. The van der Waals surface area contributed by atoms with E-state index in [-0.39, 0.29) is 11.7 Å². The average molecular weight is 278 g/mol. The van der Waals surface area contributed by atoms with Crippen LogP contribution in [0.1, 0.15) is 25.8 Å². The fourth-order valence-corrected chi connectivity index (χ4v) is 3.00. The number of nitrogens with zero attached hydrogens (tertiary/aromatic N) is 1. The van der Waals surface area contributed by atoms with Crippen LogP contribution in [-0.4, -0.2) is 30.4 Å². The van der Waals surface area contributed by atoms with Crippen LogP contribution in [0.3, 0.4) is 0 Å². The second-order valence-electron chi connectivity index (χ2n) is 6.15. The highest BCUT2D eigenvalue weighted by Gasteiger charge is 2.23. The van der Waals surface area contributed by atoms with Crippen LogP contribution in [0.15, 0.2) is 18.2 Å². The molecule has 110 valence electrons. The summed E-state index contributed by atoms with van der Waals surface area (Å²) in [5, 5.41) is 2.77. The maximum absolute atomic E-state index is 13.4. The van der Waals surface area contributed by atoms with Gasteiger partial charge in [-0.1, -0.05) is 19.9 Å². The number of hydrogen-bond donors (Lipinski definition) is 1. The third-order valence-corrected chi connectivity index (χ3v) is 3.77. The van der Waals surface area contributed by atoms with Gasteiger partial charge in [-0.15, -0.1) is 0 Å². The van der Waals surface area contributed by atoms with Gasteiger partial charge in [0, 0.05) is 18.8 Å². The molecule has 0 aliphatic carbocycles. The quantitative estimate of drug-likeness (QED) is 0.921. The first-order valence-corrected chi connectivity index (χ1v) is 7.22. The van der Waals surface area contributed by atoms with Crippen LogP contribution in [-0.2, 0) is 4.79 Å². The van der Waals surface area contributed by atoms with Gasteiger partial charge in [0.1, 0.15) is 5.82 Å². The Morgan fingerprint density at radius 2 is 2.00 bits per heavy atom. The topological polar surface area (TPSA) is 32.3 Å². The van der Waals surface area contributed by atoms with E-state index in [0.29, 0.717) is 29.6 Å². The molecule has 1 heterocycles. The van der Waals surface area contributed by atoms with Gasteiger partial charge in [0.25, 0.3) is 0 Å². The number of hydrogen-bond acceptors (Lipinski definition) is 2. The minimum atomic E-state index is -0.289. The van der Waals surface area contributed by atoms with E-state index in [2.05, 4.69) is 24.1 Å². The molecule has 0 saturated carbocycles. The molecule has 2 rings (SSSR count). The molecule has 1 aliphatic rings. The summed E-state index contributed by atoms with van der Waals surface area (Å²) in [6.45, 7) is 8.44. The number of benzene rings is 1. The minimum Gasteiger partial charge on any atom is -0.325 e. The number of anilines is 1. The van der Waals surface area contributed by atoms with Crippen LogP contribution in [0.4, 0.5) is 10.1 Å². The van der Waals surface area contributed by atoms with Gasteiger partial charge in [0.2, 0.25) is 5.91 Å². The summed E-state index contributed by atoms with van der Waals surface area (Å²) < 4.78 is 13.4. The van der Waals surface area contributed by atoms with E-state index in [1.165, 1.54) is 12.5 Å². The van der Waals surface area contributed by atoms with Gasteiger partial charge in [-0.3, -0.25) is 9.69 Å². The van der Waals surface area contributed by atoms with Crippen molar-refractivity contribution < 1.29 is 9.18 Å². The lowest BCUT2D eigenvalue weighted by Crippen LogP contribution is -2.42. The van der Waals surface area contributed by atoms with E-state index >= 15 is 0 Å². The molecular weight excluding hydrogens is 255 g/mol. The van der Waals surface area contributed by atoms with Crippen LogP contribution in [0, 0.1) is 24.6 Å². The highest BCUT2D eigenvalue weighted by atomic mass is 19.1. The minimum absolute atomic E-state index is 0.0745. The molecule has 0 spiro atoms. The third kappa shape index (κ3) is 4.04. The molecule has 2 atom stereocenters. The number of carbonyl (C=O) groups is 1. The Labute approximate surface area is 120 Å². The number of piperidine rings is 1. The molecule has 0 radical (unpaired) electrons. The number of likely N-dealkylation sites (tertiary alicyclic amines) is 1. The highest BCUT2D eigenvalue weighted by molar-refractivity contribution is 5.92. The number of amides is 1. The number of halogens is 1. The zero-order valence-electron chi connectivity index (χ0n) is 12.4. The lowest BCUT2D eigenvalue weighted by molar-refractivity contribution is -0.117. The Bertz CT molecular complexity index is 479. The number of rotatable bonds is 3. The normalized spacial score (nSPS) is 23.6. The van der Waals surface area contributed by atoms with E-state index < -0.39 is 0 Å². The number of nitrogens with one attached hydrogen (secondary N) is 1. The molecule has 0 aromatic heterocycles. The second kappa shape index (κ2) is 6.35. The van der Waals surface area contributed by atoms with Gasteiger partial charge >= 0.3 is 0 Å². The molecule has 1 N–H and O–H groups in total. The highest BCUT2D eigenvalue weighted by Crippen LogP contribution is 2.20. The standard InChI is InChI=1S/C16H23FN2O/c1-11-6-12(2)9-19(8-11)10-16(20)18-14-5-4-13(3)15(17)7-14/h4-5,7,11-12H,6,8-10H2,1-3H3,(H,18,20)/t11-,12-/m0/s1. The molecule has 1 aliphatic heterocycles. The third-order valence-electron chi connectivity index (χ3n) is 3.77. The lowest BCUT2D eigenvalue weighted by atomic mass is 9.92. The summed E-state index contributed by atoms with van der Waals surface area (Å²) >= 11 is 0. The largest absolute Gasteiger partial charge is 0.325 e. The predicted octanol–water partition coefficient (Wildman–Crippen LogP) is 3.05. The van der Waals surface area contributed by atoms with Crippen molar-refractivity contribution in [2.45, 2.75) is 27.2 Å². The SMILES string of the molecule is Cc1ccc(NC(=O)CN2C[C@@H](C)C[C@H](C)C2)cc1F. The molecule has 1 fully saturated rings. The van der Waals surface area contributed by atoms with Crippen molar-refractivity contribution in [3.63, 3.8) is 0 Å². The summed E-state index contributed by atoms with van der Waals surface area (Å²) in [6, 6.07) is 4.78. The van der Waals surface area contributed by atoms with E-state index in [0.717, 1.165) is 13.1 Å². The van der Waals surface area contributed by atoms with Crippen molar-refractivity contribution in [2.24, 2.45) is 11.8 Å². The van der Waals surface area contributed by atoms with Crippen molar-refractivity contribution in [3.8, 4) is 0 Å². The zero-order chi connectivity index (χ0) is 14.7. The van der Waals surface area contributed by atoms with E-state index in [9.17, 15) is 9.18 Å². The van der Waals surface area contributed by atoms with E-state index in [1.54, 1.807) is 19.1 Å². The van der Waals surface area contributed by atoms with Crippen LogP contribution in [0.25, 0.3) is 0 Å². The molecular formula is C16H23FN2O. The smallest absolute Gasteiger partial charge is 0.238 e. The van der Waals surface area contributed by atoms with Crippen LogP contribution < -0.4 is 5.32 Å². The van der Waals surface area contributed by atoms with Gasteiger partial charge in [-0.05, 0) is 42.9 Å². The maximum atomic E-state index is 13.4. The van der Waals surface area contributed by atoms with Crippen LogP contribution in [0.2, 0.25) is 0 Å². The fourth-order valence-electron chi connectivity index (χ4n) is 3.00.